The summed E-state index contributed by atoms with van der Waals surface area (Å²) in [5.74, 6) is -0.157. The van der Waals surface area contributed by atoms with Gasteiger partial charge in [-0.15, -0.1) is 0 Å². The Bertz CT molecular complexity index is 539. The van der Waals surface area contributed by atoms with E-state index >= 15 is 0 Å². The number of carbonyl (C=O) groups is 3. The van der Waals surface area contributed by atoms with Crippen molar-refractivity contribution in [3.8, 4) is 0 Å². The van der Waals surface area contributed by atoms with Crippen LogP contribution in [0.2, 0.25) is 0 Å². The first-order valence-electron chi connectivity index (χ1n) is 7.85. The van der Waals surface area contributed by atoms with Crippen LogP contribution in [-0.4, -0.2) is 43.1 Å². The van der Waals surface area contributed by atoms with Gasteiger partial charge in [0.05, 0.1) is 19.2 Å². The lowest BCUT2D eigenvalue weighted by Gasteiger charge is -2.11. The molecule has 0 spiro atoms. The molecule has 0 fully saturated rings. The molecule has 0 radical (unpaired) electrons. The quantitative estimate of drug-likeness (QED) is 0.563. The molecule has 0 saturated heterocycles. The number of hydrogen-bond donors (Lipinski definition) is 1. The number of amides is 1. The average Bonchev–Trinajstić information content (AvgIpc) is 3.00. The van der Waals surface area contributed by atoms with Crippen molar-refractivity contribution in [3.05, 3.63) is 11.6 Å². The van der Waals surface area contributed by atoms with Gasteiger partial charge in [-0.25, -0.2) is 0 Å². The molecule has 1 atom stereocenters. The van der Waals surface area contributed by atoms with Crippen LogP contribution >= 0.6 is 0 Å². The fourth-order valence-electron chi connectivity index (χ4n) is 2.55. The van der Waals surface area contributed by atoms with Gasteiger partial charge in [0.2, 0.25) is 5.91 Å². The summed E-state index contributed by atoms with van der Waals surface area (Å²) in [6.07, 6.45) is 5.02. The van der Waals surface area contributed by atoms with Gasteiger partial charge < -0.3 is 14.9 Å². The highest BCUT2D eigenvalue weighted by atomic mass is 16.6. The van der Waals surface area contributed by atoms with E-state index in [1.165, 1.54) is 7.11 Å². The van der Waals surface area contributed by atoms with Crippen LogP contribution in [0.25, 0.3) is 0 Å². The molecular weight excluding hydrogens is 300 g/mol. The number of nitrogens with zero attached hydrogens (tertiary/aromatic N) is 1. The number of ketones is 1. The minimum atomic E-state index is -0.282. The van der Waals surface area contributed by atoms with Crippen LogP contribution in [0.3, 0.4) is 0 Å². The summed E-state index contributed by atoms with van der Waals surface area (Å²) in [5, 5.41) is 6.80. The van der Waals surface area contributed by atoms with E-state index in [-0.39, 0.29) is 36.6 Å². The lowest BCUT2D eigenvalue weighted by molar-refractivity contribution is -0.140. The molecule has 1 heterocycles. The van der Waals surface area contributed by atoms with Crippen molar-refractivity contribution in [2.24, 2.45) is 5.16 Å². The van der Waals surface area contributed by atoms with Gasteiger partial charge in [0.25, 0.3) is 0 Å². The molecule has 0 saturated carbocycles. The van der Waals surface area contributed by atoms with Gasteiger partial charge in [0.1, 0.15) is 11.9 Å². The molecule has 7 heteroatoms. The predicted molar refractivity (Wildman–Crippen MR) is 82.7 cm³/mol. The molecule has 0 bridgehead atoms. The highest BCUT2D eigenvalue weighted by molar-refractivity contribution is 6.03. The minimum Gasteiger partial charge on any atom is -0.469 e. The van der Waals surface area contributed by atoms with Gasteiger partial charge in [-0.3, -0.25) is 14.4 Å². The maximum Gasteiger partial charge on any atom is 0.305 e. The minimum absolute atomic E-state index is 0.121. The Labute approximate surface area is 135 Å². The van der Waals surface area contributed by atoms with Crippen LogP contribution in [-0.2, 0) is 24.0 Å². The third kappa shape index (κ3) is 5.50. The lowest BCUT2D eigenvalue weighted by atomic mass is 9.92. The van der Waals surface area contributed by atoms with Crippen molar-refractivity contribution in [2.45, 2.75) is 51.0 Å². The van der Waals surface area contributed by atoms with Gasteiger partial charge in [0, 0.05) is 32.2 Å². The number of ether oxygens (including phenoxy) is 1. The Hall–Kier alpha value is -2.18. The topological polar surface area (TPSA) is 94.1 Å². The monoisotopic (exact) mass is 322 g/mol. The fourth-order valence-corrected chi connectivity index (χ4v) is 2.55. The van der Waals surface area contributed by atoms with E-state index in [4.69, 9.17) is 4.84 Å². The molecule has 1 aliphatic heterocycles. The number of Topliss-reactive ketones (excluding diaryl/α,β-unsaturated/α-hetero) is 1. The smallest absolute Gasteiger partial charge is 0.305 e. The first-order chi connectivity index (χ1) is 11.1. The summed E-state index contributed by atoms with van der Waals surface area (Å²) in [7, 11) is 1.34. The van der Waals surface area contributed by atoms with Crippen LogP contribution in [0.15, 0.2) is 16.8 Å². The average molecular weight is 322 g/mol. The Morgan fingerprint density at radius 3 is 2.96 bits per heavy atom. The summed E-state index contributed by atoms with van der Waals surface area (Å²) >= 11 is 0. The lowest BCUT2D eigenvalue weighted by Crippen LogP contribution is -2.28. The molecule has 126 valence electrons. The summed E-state index contributed by atoms with van der Waals surface area (Å²) in [5.41, 5.74) is 1.91. The second-order valence-corrected chi connectivity index (χ2v) is 5.68. The first-order valence-corrected chi connectivity index (χ1v) is 7.85. The molecule has 1 amide bonds. The van der Waals surface area contributed by atoms with Crippen molar-refractivity contribution in [3.63, 3.8) is 0 Å². The molecule has 2 rings (SSSR count). The second kappa shape index (κ2) is 8.45. The highest BCUT2D eigenvalue weighted by Gasteiger charge is 2.27. The van der Waals surface area contributed by atoms with E-state index in [1.54, 1.807) is 0 Å². The maximum absolute atomic E-state index is 11.8. The van der Waals surface area contributed by atoms with Crippen LogP contribution in [0.1, 0.15) is 44.9 Å². The molecule has 2 aliphatic rings. The van der Waals surface area contributed by atoms with Gasteiger partial charge in [-0.1, -0.05) is 11.2 Å². The standard InChI is InChI=1S/C16H22N2O5/c1-22-16(21)3-2-8-17-15(20)10-13-9-14(18-23-13)11-4-6-12(19)7-5-11/h4,13H,2-3,5-10H2,1H3,(H,17,20). The zero-order valence-corrected chi connectivity index (χ0v) is 13.3. The van der Waals surface area contributed by atoms with Crippen molar-refractivity contribution >= 4 is 23.4 Å². The number of hydrogen-bond acceptors (Lipinski definition) is 6. The summed E-state index contributed by atoms with van der Waals surface area (Å²) in [6.45, 7) is 0.432. The van der Waals surface area contributed by atoms with E-state index in [0.717, 1.165) is 11.3 Å². The number of rotatable bonds is 7. The Balaban J connectivity index is 1.65. The molecule has 7 nitrogen and oxygen atoms in total. The third-order valence-corrected chi connectivity index (χ3v) is 3.87. The van der Waals surface area contributed by atoms with Crippen molar-refractivity contribution in [2.75, 3.05) is 13.7 Å². The van der Waals surface area contributed by atoms with Crippen molar-refractivity contribution < 1.29 is 24.0 Å². The summed E-state index contributed by atoms with van der Waals surface area (Å²) in [4.78, 5) is 39.3. The van der Waals surface area contributed by atoms with Gasteiger partial charge in [-0.05, 0) is 18.4 Å². The summed E-state index contributed by atoms with van der Waals surface area (Å²) < 4.78 is 4.53. The molecule has 1 aliphatic carbocycles. The number of oxime groups is 1. The zero-order chi connectivity index (χ0) is 16.7. The van der Waals surface area contributed by atoms with Crippen molar-refractivity contribution in [1.82, 2.24) is 5.32 Å². The van der Waals surface area contributed by atoms with Gasteiger partial charge >= 0.3 is 5.97 Å². The number of esters is 1. The van der Waals surface area contributed by atoms with Crippen LogP contribution in [0.5, 0.6) is 0 Å². The van der Waals surface area contributed by atoms with Gasteiger partial charge in [-0.2, -0.15) is 0 Å². The molecule has 0 aromatic carbocycles. The van der Waals surface area contributed by atoms with Crippen LogP contribution < -0.4 is 5.32 Å². The Morgan fingerprint density at radius 2 is 2.26 bits per heavy atom. The van der Waals surface area contributed by atoms with Crippen LogP contribution in [0.4, 0.5) is 0 Å². The number of methoxy groups -OCH3 is 1. The van der Waals surface area contributed by atoms with Crippen molar-refractivity contribution in [1.29, 1.82) is 0 Å². The Kier molecular flexibility index (Phi) is 6.31. The van der Waals surface area contributed by atoms with E-state index < -0.39 is 0 Å². The number of carbonyl (C=O) groups excluding carboxylic acids is 3. The number of allylic oxidation sites excluding steroid dienone is 2. The van der Waals surface area contributed by atoms with Gasteiger partial charge in [0.15, 0.2) is 0 Å². The maximum atomic E-state index is 11.8. The highest BCUT2D eigenvalue weighted by Crippen LogP contribution is 2.24. The van der Waals surface area contributed by atoms with E-state index in [2.05, 4.69) is 15.2 Å². The fraction of sp³-hybridized carbons (Fsp3) is 0.625. The molecule has 0 aromatic rings. The number of nitrogens with one attached hydrogen (secondary N) is 1. The largest absolute Gasteiger partial charge is 0.469 e. The first kappa shape index (κ1) is 17.2. The third-order valence-electron chi connectivity index (χ3n) is 3.87. The van der Waals surface area contributed by atoms with E-state index in [9.17, 15) is 14.4 Å². The molecule has 0 aromatic heterocycles. The zero-order valence-electron chi connectivity index (χ0n) is 13.3. The second-order valence-electron chi connectivity index (χ2n) is 5.68. The van der Waals surface area contributed by atoms with Crippen LogP contribution in [0, 0.1) is 0 Å². The molecular formula is C16H22N2O5. The molecule has 23 heavy (non-hydrogen) atoms. The summed E-state index contributed by atoms with van der Waals surface area (Å²) in [6, 6.07) is 0. The SMILES string of the molecule is COC(=O)CCCNC(=O)CC1CC(C2=CCC(=O)CC2)=NO1. The molecule has 1 N–H and O–H groups in total. The van der Waals surface area contributed by atoms with E-state index in [1.807, 2.05) is 6.08 Å². The normalized spacial score (nSPS) is 20.4. The predicted octanol–water partition coefficient (Wildman–Crippen LogP) is 1.27. The van der Waals surface area contributed by atoms with E-state index in [0.29, 0.717) is 38.6 Å². The Morgan fingerprint density at radius 1 is 1.43 bits per heavy atom. The molecule has 1 unspecified atom stereocenters.